The maximum Gasteiger partial charge on any atom is 0.303 e. The minimum atomic E-state index is -0.721. The van der Waals surface area contributed by atoms with Crippen LogP contribution in [-0.4, -0.2) is 17.7 Å². The Morgan fingerprint density at radius 2 is 1.81 bits per heavy atom. The summed E-state index contributed by atoms with van der Waals surface area (Å²) in [6.45, 7) is 5.78. The maximum absolute atomic E-state index is 10.8. The molecule has 0 aromatic heterocycles. The predicted octanol–water partition coefficient (Wildman–Crippen LogP) is 5.44. The minimum Gasteiger partial charge on any atom is -0.481 e. The van der Waals surface area contributed by atoms with E-state index >= 15 is 0 Å². The van der Waals surface area contributed by atoms with Crippen molar-refractivity contribution in [1.29, 1.82) is 0 Å². The van der Waals surface area contributed by atoms with Crippen LogP contribution in [0, 0.1) is 5.92 Å². The van der Waals surface area contributed by atoms with Crippen LogP contribution in [0.5, 0.6) is 0 Å². The molecule has 0 spiro atoms. The predicted molar refractivity (Wildman–Crippen MR) is 110 cm³/mol. The molecule has 146 valence electrons. The maximum atomic E-state index is 10.8. The number of ether oxygens (including phenoxy) is 1. The number of rotatable bonds is 12. The van der Waals surface area contributed by atoms with Crippen LogP contribution in [0.25, 0.3) is 0 Å². The molecule has 0 saturated heterocycles. The number of carbonyl (C=O) groups is 1. The fourth-order valence-corrected chi connectivity index (χ4v) is 3.37. The van der Waals surface area contributed by atoms with Gasteiger partial charge in [0.25, 0.3) is 0 Å². The van der Waals surface area contributed by atoms with Gasteiger partial charge in [-0.05, 0) is 53.9 Å². The lowest BCUT2D eigenvalue weighted by Crippen LogP contribution is -2.11. The number of aliphatic carboxylic acids is 1. The molecule has 0 radical (unpaired) electrons. The molecular weight excluding hydrogens is 336 g/mol. The molecule has 2 rings (SSSR count). The van der Waals surface area contributed by atoms with Crippen molar-refractivity contribution < 1.29 is 14.6 Å². The number of benzene rings is 2. The lowest BCUT2D eigenvalue weighted by molar-refractivity contribution is -0.137. The summed E-state index contributed by atoms with van der Waals surface area (Å²) in [6.07, 6.45) is 4.93. The zero-order valence-corrected chi connectivity index (χ0v) is 16.6. The Kier molecular flexibility index (Phi) is 9.06. The van der Waals surface area contributed by atoms with Gasteiger partial charge in [0.1, 0.15) is 0 Å². The zero-order valence-electron chi connectivity index (χ0n) is 16.6. The molecule has 0 aliphatic heterocycles. The van der Waals surface area contributed by atoms with Gasteiger partial charge in [0.05, 0.1) is 6.61 Å². The summed E-state index contributed by atoms with van der Waals surface area (Å²) < 4.78 is 5.91. The van der Waals surface area contributed by atoms with Gasteiger partial charge in [-0.2, -0.15) is 0 Å². The van der Waals surface area contributed by atoms with Crippen LogP contribution in [-0.2, 0) is 35.4 Å². The molecule has 0 fully saturated rings. The fraction of sp³-hybridized carbons (Fsp3) is 0.458. The summed E-state index contributed by atoms with van der Waals surface area (Å²) in [5.41, 5.74) is 5.20. The monoisotopic (exact) mass is 368 g/mol. The molecule has 0 amide bonds. The van der Waals surface area contributed by atoms with Crippen molar-refractivity contribution in [3.05, 3.63) is 70.8 Å². The van der Waals surface area contributed by atoms with Crippen LogP contribution in [0.3, 0.4) is 0 Å². The van der Waals surface area contributed by atoms with Crippen LogP contribution in [0.15, 0.2) is 48.5 Å². The molecule has 2 aromatic rings. The molecule has 1 atom stereocenters. The van der Waals surface area contributed by atoms with E-state index in [1.54, 1.807) is 0 Å². The third-order valence-corrected chi connectivity index (χ3v) is 4.73. The lowest BCUT2D eigenvalue weighted by atomic mass is 9.92. The molecule has 27 heavy (non-hydrogen) atoms. The highest BCUT2D eigenvalue weighted by Crippen LogP contribution is 2.20. The Labute approximate surface area is 163 Å². The van der Waals surface area contributed by atoms with Gasteiger partial charge < -0.3 is 9.84 Å². The SMILES string of the molecule is CCCc1ccc(CCCC(=O)O)c(C[C@H](C)COCc2ccccc2)c1. The average molecular weight is 369 g/mol. The summed E-state index contributed by atoms with van der Waals surface area (Å²) in [7, 11) is 0. The normalized spacial score (nSPS) is 12.1. The highest BCUT2D eigenvalue weighted by Gasteiger charge is 2.10. The molecule has 0 aliphatic rings. The van der Waals surface area contributed by atoms with Crippen molar-refractivity contribution in [2.24, 2.45) is 5.92 Å². The summed E-state index contributed by atoms with van der Waals surface area (Å²) >= 11 is 0. The first-order valence-electron chi connectivity index (χ1n) is 10.0. The molecule has 0 unspecified atom stereocenters. The van der Waals surface area contributed by atoms with Gasteiger partial charge in [-0.25, -0.2) is 0 Å². The average Bonchev–Trinajstić information content (AvgIpc) is 2.64. The van der Waals surface area contributed by atoms with E-state index in [4.69, 9.17) is 9.84 Å². The second-order valence-electron chi connectivity index (χ2n) is 7.41. The van der Waals surface area contributed by atoms with Crippen LogP contribution in [0.1, 0.15) is 55.4 Å². The quantitative estimate of drug-likeness (QED) is 0.542. The van der Waals surface area contributed by atoms with Gasteiger partial charge in [-0.3, -0.25) is 4.79 Å². The van der Waals surface area contributed by atoms with Crippen LogP contribution >= 0.6 is 0 Å². The second kappa shape index (κ2) is 11.6. The molecule has 3 nitrogen and oxygen atoms in total. The Morgan fingerprint density at radius 3 is 2.52 bits per heavy atom. The molecule has 0 saturated carbocycles. The number of carboxylic acids is 1. The van der Waals surface area contributed by atoms with Gasteiger partial charge in [0.2, 0.25) is 0 Å². The van der Waals surface area contributed by atoms with Crippen LogP contribution < -0.4 is 0 Å². The molecule has 0 heterocycles. The van der Waals surface area contributed by atoms with Gasteiger partial charge in [-0.1, -0.05) is 68.8 Å². The zero-order chi connectivity index (χ0) is 19.5. The number of aryl methyl sites for hydroxylation is 2. The van der Waals surface area contributed by atoms with Crippen molar-refractivity contribution in [2.45, 2.75) is 59.0 Å². The van der Waals surface area contributed by atoms with Gasteiger partial charge in [0, 0.05) is 13.0 Å². The van der Waals surface area contributed by atoms with E-state index in [2.05, 4.69) is 44.2 Å². The highest BCUT2D eigenvalue weighted by molar-refractivity contribution is 5.66. The molecule has 1 N–H and O–H groups in total. The standard InChI is InChI=1S/C24H32O3/c1-3-8-20-13-14-22(11-7-12-24(25)26)23(16-20)15-19(2)17-27-18-21-9-5-4-6-10-21/h4-6,9-10,13-14,16,19H,3,7-8,11-12,15,17-18H2,1-2H3,(H,25,26)/t19-/m0/s1. The summed E-state index contributed by atoms with van der Waals surface area (Å²) in [6, 6.07) is 16.9. The van der Waals surface area contributed by atoms with Crippen molar-refractivity contribution in [3.8, 4) is 0 Å². The molecule has 0 bridgehead atoms. The van der Waals surface area contributed by atoms with E-state index in [0.29, 0.717) is 18.9 Å². The number of hydrogen-bond acceptors (Lipinski definition) is 2. The van der Waals surface area contributed by atoms with Gasteiger partial charge in [0.15, 0.2) is 0 Å². The fourth-order valence-electron chi connectivity index (χ4n) is 3.37. The Hall–Kier alpha value is -2.13. The van der Waals surface area contributed by atoms with Crippen LogP contribution in [0.2, 0.25) is 0 Å². The Balaban J connectivity index is 1.93. The Bertz CT molecular complexity index is 694. The third kappa shape index (κ3) is 7.96. The topological polar surface area (TPSA) is 46.5 Å². The van der Waals surface area contributed by atoms with E-state index in [0.717, 1.165) is 32.3 Å². The second-order valence-corrected chi connectivity index (χ2v) is 7.41. The Morgan fingerprint density at radius 1 is 1.04 bits per heavy atom. The first kappa shape index (κ1) is 21.2. The van der Waals surface area contributed by atoms with Crippen molar-refractivity contribution in [3.63, 3.8) is 0 Å². The van der Waals surface area contributed by atoms with Crippen molar-refractivity contribution in [2.75, 3.05) is 6.61 Å². The van der Waals surface area contributed by atoms with E-state index < -0.39 is 5.97 Å². The molecule has 3 heteroatoms. The van der Waals surface area contributed by atoms with Crippen molar-refractivity contribution in [1.82, 2.24) is 0 Å². The minimum absolute atomic E-state index is 0.228. The number of hydrogen-bond donors (Lipinski definition) is 1. The third-order valence-electron chi connectivity index (χ3n) is 4.73. The lowest BCUT2D eigenvalue weighted by Gasteiger charge is -2.17. The first-order chi connectivity index (χ1) is 13.1. The van der Waals surface area contributed by atoms with Crippen molar-refractivity contribution >= 4 is 5.97 Å². The van der Waals surface area contributed by atoms with E-state index in [9.17, 15) is 4.79 Å². The smallest absolute Gasteiger partial charge is 0.303 e. The van der Waals surface area contributed by atoms with Crippen LogP contribution in [0.4, 0.5) is 0 Å². The van der Waals surface area contributed by atoms with Gasteiger partial charge >= 0.3 is 5.97 Å². The summed E-state index contributed by atoms with van der Waals surface area (Å²) in [4.78, 5) is 10.8. The van der Waals surface area contributed by atoms with Gasteiger partial charge in [-0.15, -0.1) is 0 Å². The van der Waals surface area contributed by atoms with E-state index in [1.165, 1.54) is 22.3 Å². The molecule has 2 aromatic carbocycles. The summed E-state index contributed by atoms with van der Waals surface area (Å²) in [5.74, 6) is -0.300. The largest absolute Gasteiger partial charge is 0.481 e. The van der Waals surface area contributed by atoms with E-state index in [1.807, 2.05) is 18.2 Å². The molecule has 0 aliphatic carbocycles. The number of carboxylic acid groups (broad SMARTS) is 1. The summed E-state index contributed by atoms with van der Waals surface area (Å²) in [5, 5.41) is 8.89. The van der Waals surface area contributed by atoms with E-state index in [-0.39, 0.29) is 6.42 Å². The highest BCUT2D eigenvalue weighted by atomic mass is 16.5. The first-order valence-corrected chi connectivity index (χ1v) is 10.0. The molecular formula is C24H32O3.